The Morgan fingerprint density at radius 2 is 2.31 bits per heavy atom. The number of nitrogens with one attached hydrogen (secondary N) is 1. The van der Waals surface area contributed by atoms with Gasteiger partial charge in [-0.15, -0.1) is 0 Å². The van der Waals surface area contributed by atoms with Gasteiger partial charge in [-0.25, -0.2) is 8.93 Å². The third-order valence-electron chi connectivity index (χ3n) is 2.05. The number of hydrogen-bond acceptors (Lipinski definition) is 3. The lowest BCUT2D eigenvalue weighted by atomic mass is 10.1. The van der Waals surface area contributed by atoms with Crippen molar-refractivity contribution >= 4 is 22.3 Å². The number of nitriles is 1. The van der Waals surface area contributed by atoms with Gasteiger partial charge in [0, 0.05) is 0 Å². The third kappa shape index (κ3) is 3.71. The third-order valence-corrected chi connectivity index (χ3v) is 4.36. The summed E-state index contributed by atoms with van der Waals surface area (Å²) in [5.41, 5.74) is 1.03. The van der Waals surface area contributed by atoms with Gasteiger partial charge in [-0.3, -0.25) is 0 Å². The van der Waals surface area contributed by atoms with Gasteiger partial charge in [0.25, 0.3) is 0 Å². The molecule has 88 valence electrons. The molecule has 1 heterocycles. The molecule has 0 fully saturated rings. The Balaban J connectivity index is 2.75. The normalized spacial score (nSPS) is 15.4. The predicted octanol–water partition coefficient (Wildman–Crippen LogP) is 2.75. The van der Waals surface area contributed by atoms with E-state index in [9.17, 15) is 4.21 Å². The first-order chi connectivity index (χ1) is 7.45. The van der Waals surface area contributed by atoms with Gasteiger partial charge in [0.05, 0.1) is 34.3 Å². The lowest BCUT2D eigenvalue weighted by Gasteiger charge is -2.22. The highest BCUT2D eigenvalue weighted by atomic mass is 32.2. The smallest absolute Gasteiger partial charge is 0.0976 e. The minimum Gasteiger partial charge on any atom is -0.242 e. The van der Waals surface area contributed by atoms with E-state index in [4.69, 9.17) is 5.26 Å². The van der Waals surface area contributed by atoms with E-state index in [0.717, 1.165) is 5.56 Å². The Bertz CT molecular complexity index is 387. The molecule has 5 heteroatoms. The highest BCUT2D eigenvalue weighted by molar-refractivity contribution is 7.84. The van der Waals surface area contributed by atoms with Crippen molar-refractivity contribution in [1.29, 1.82) is 5.26 Å². The second-order valence-corrected chi connectivity index (χ2v) is 7.25. The van der Waals surface area contributed by atoms with Crippen LogP contribution in [0.4, 0.5) is 0 Å². The molecular formula is C11H16N2OS2. The number of hydrogen-bond donors (Lipinski definition) is 1. The molecule has 0 radical (unpaired) electrons. The minimum absolute atomic E-state index is 0.142. The predicted molar refractivity (Wildman–Crippen MR) is 68.3 cm³/mol. The first kappa shape index (κ1) is 13.4. The molecule has 0 spiro atoms. The molecule has 1 aromatic rings. The number of thiophene rings is 1. The Morgan fingerprint density at radius 3 is 2.75 bits per heavy atom. The Morgan fingerprint density at radius 1 is 1.62 bits per heavy atom. The van der Waals surface area contributed by atoms with Crippen LogP contribution in [0.1, 0.15) is 38.8 Å². The van der Waals surface area contributed by atoms with Gasteiger partial charge in [-0.1, -0.05) is 0 Å². The summed E-state index contributed by atoms with van der Waals surface area (Å²) >= 11 is 1.58. The lowest BCUT2D eigenvalue weighted by molar-refractivity contribution is 0.604. The zero-order valence-electron chi connectivity index (χ0n) is 9.69. The molecule has 1 N–H and O–H groups in total. The molecule has 0 saturated carbocycles. The highest BCUT2D eigenvalue weighted by Gasteiger charge is 2.23. The summed E-state index contributed by atoms with van der Waals surface area (Å²) in [5, 5.41) is 12.7. The first-order valence-corrected chi connectivity index (χ1v) is 7.11. The fraction of sp³-hybridized carbons (Fsp3) is 0.545. The van der Waals surface area contributed by atoms with Crippen LogP contribution in [0.25, 0.3) is 0 Å². The molecule has 0 bridgehead atoms. The average Bonchev–Trinajstić information content (AvgIpc) is 2.68. The van der Waals surface area contributed by atoms with E-state index in [1.807, 2.05) is 37.6 Å². The van der Waals surface area contributed by atoms with Gasteiger partial charge in [0.1, 0.15) is 0 Å². The molecule has 2 atom stereocenters. The average molecular weight is 256 g/mol. The van der Waals surface area contributed by atoms with Crippen molar-refractivity contribution in [2.45, 2.75) is 38.0 Å². The summed E-state index contributed by atoms with van der Waals surface area (Å²) in [5.74, 6) is 0. The molecule has 16 heavy (non-hydrogen) atoms. The van der Waals surface area contributed by atoms with Gasteiger partial charge in [-0.05, 0) is 43.2 Å². The summed E-state index contributed by atoms with van der Waals surface area (Å²) in [6, 6.07) is 3.94. The van der Waals surface area contributed by atoms with Crippen molar-refractivity contribution in [2.24, 2.45) is 0 Å². The van der Waals surface area contributed by atoms with Crippen LogP contribution in [0.2, 0.25) is 0 Å². The van der Waals surface area contributed by atoms with Crippen LogP contribution in [-0.4, -0.2) is 8.96 Å². The zero-order valence-corrected chi connectivity index (χ0v) is 11.3. The van der Waals surface area contributed by atoms with E-state index in [2.05, 4.69) is 10.8 Å². The van der Waals surface area contributed by atoms with Gasteiger partial charge < -0.3 is 0 Å². The molecule has 0 aromatic carbocycles. The standard InChI is InChI=1S/C11H16N2OS2/c1-11(2,3)16(14)13-10(4-6-12)9-5-7-15-8-9/h5,7-8,10,13H,4H2,1-3H3/t10-,16?/m0/s1. The van der Waals surface area contributed by atoms with E-state index in [-0.39, 0.29) is 10.8 Å². The van der Waals surface area contributed by atoms with E-state index < -0.39 is 11.0 Å². The maximum absolute atomic E-state index is 11.9. The summed E-state index contributed by atoms with van der Waals surface area (Å²) in [6.07, 6.45) is 0.332. The largest absolute Gasteiger partial charge is 0.242 e. The zero-order chi connectivity index (χ0) is 12.2. The van der Waals surface area contributed by atoms with Crippen molar-refractivity contribution in [3.05, 3.63) is 22.4 Å². The molecular weight excluding hydrogens is 240 g/mol. The van der Waals surface area contributed by atoms with Gasteiger partial charge >= 0.3 is 0 Å². The topological polar surface area (TPSA) is 52.9 Å². The fourth-order valence-electron chi connectivity index (χ4n) is 1.10. The second kappa shape index (κ2) is 5.58. The van der Waals surface area contributed by atoms with E-state index >= 15 is 0 Å². The second-order valence-electron chi connectivity index (χ2n) is 4.47. The molecule has 1 rings (SSSR count). The molecule has 0 aliphatic rings. The summed E-state index contributed by atoms with van der Waals surface area (Å²) in [6.45, 7) is 5.73. The minimum atomic E-state index is -1.15. The highest BCUT2D eigenvalue weighted by Crippen LogP contribution is 2.21. The number of nitrogens with zero attached hydrogens (tertiary/aromatic N) is 1. The lowest BCUT2D eigenvalue weighted by Crippen LogP contribution is -2.35. The van der Waals surface area contributed by atoms with Crippen LogP contribution in [0.15, 0.2) is 16.8 Å². The van der Waals surface area contributed by atoms with Crippen molar-refractivity contribution < 1.29 is 4.21 Å². The Kier molecular flexibility index (Phi) is 4.66. The van der Waals surface area contributed by atoms with Gasteiger partial charge in [0.15, 0.2) is 0 Å². The molecule has 0 amide bonds. The van der Waals surface area contributed by atoms with E-state index in [1.54, 1.807) is 11.3 Å². The van der Waals surface area contributed by atoms with Crippen molar-refractivity contribution in [3.8, 4) is 6.07 Å². The fourth-order valence-corrected chi connectivity index (χ4v) is 2.64. The first-order valence-electron chi connectivity index (χ1n) is 5.02. The molecule has 0 aliphatic heterocycles. The monoisotopic (exact) mass is 256 g/mol. The van der Waals surface area contributed by atoms with Crippen molar-refractivity contribution in [1.82, 2.24) is 4.72 Å². The molecule has 0 saturated heterocycles. The van der Waals surface area contributed by atoms with Crippen molar-refractivity contribution in [2.75, 3.05) is 0 Å². The molecule has 3 nitrogen and oxygen atoms in total. The number of rotatable bonds is 4. The van der Waals surface area contributed by atoms with Crippen LogP contribution in [-0.2, 0) is 11.0 Å². The van der Waals surface area contributed by atoms with Crippen LogP contribution < -0.4 is 4.72 Å². The maximum Gasteiger partial charge on any atom is 0.0976 e. The summed E-state index contributed by atoms with van der Waals surface area (Å²) in [7, 11) is -1.15. The van der Waals surface area contributed by atoms with Gasteiger partial charge in [0.2, 0.25) is 0 Å². The summed E-state index contributed by atoms with van der Waals surface area (Å²) < 4.78 is 14.6. The van der Waals surface area contributed by atoms with Gasteiger partial charge in [-0.2, -0.15) is 16.6 Å². The SMILES string of the molecule is CC(C)(C)S(=O)N[C@@H](CC#N)c1ccsc1. The maximum atomic E-state index is 11.9. The Labute approximate surface area is 103 Å². The molecule has 0 aliphatic carbocycles. The molecule has 1 aromatic heterocycles. The van der Waals surface area contributed by atoms with Crippen LogP contribution in [0.3, 0.4) is 0 Å². The van der Waals surface area contributed by atoms with Crippen LogP contribution in [0.5, 0.6) is 0 Å². The summed E-state index contributed by atoms with van der Waals surface area (Å²) in [4.78, 5) is 0. The quantitative estimate of drug-likeness (QED) is 0.900. The Hall–Kier alpha value is -0.700. The van der Waals surface area contributed by atoms with Crippen LogP contribution >= 0.6 is 11.3 Å². The van der Waals surface area contributed by atoms with Crippen molar-refractivity contribution in [3.63, 3.8) is 0 Å². The molecule has 1 unspecified atom stereocenters. The van der Waals surface area contributed by atoms with Crippen LogP contribution in [0, 0.1) is 11.3 Å². The van der Waals surface area contributed by atoms with E-state index in [1.165, 1.54) is 0 Å². The van der Waals surface area contributed by atoms with E-state index in [0.29, 0.717) is 6.42 Å².